The topological polar surface area (TPSA) is 41.5 Å². The van der Waals surface area contributed by atoms with E-state index in [1.165, 1.54) is 25.7 Å². The van der Waals surface area contributed by atoms with Gasteiger partial charge in [0.1, 0.15) is 0 Å². The zero-order valence-corrected chi connectivity index (χ0v) is 10.3. The average Bonchev–Trinajstić information content (AvgIpc) is 2.73. The molecule has 94 valence electrons. The van der Waals surface area contributed by atoms with Crippen LogP contribution in [-0.2, 0) is 4.74 Å². The van der Waals surface area contributed by atoms with Crippen molar-refractivity contribution in [2.45, 2.75) is 51.2 Å². The van der Waals surface area contributed by atoms with Crippen molar-refractivity contribution in [2.24, 2.45) is 11.8 Å². The van der Waals surface area contributed by atoms with Gasteiger partial charge in [-0.05, 0) is 44.4 Å². The fraction of sp³-hybridized carbons (Fsp3) is 1.00. The molecule has 2 aliphatic rings. The van der Waals surface area contributed by atoms with Crippen molar-refractivity contribution in [3.05, 3.63) is 0 Å². The van der Waals surface area contributed by atoms with Crippen LogP contribution in [0.2, 0.25) is 0 Å². The van der Waals surface area contributed by atoms with Gasteiger partial charge >= 0.3 is 0 Å². The van der Waals surface area contributed by atoms with Crippen LogP contribution in [0.3, 0.4) is 0 Å². The second-order valence-electron chi connectivity index (χ2n) is 5.41. The van der Waals surface area contributed by atoms with Gasteiger partial charge in [-0.1, -0.05) is 6.42 Å². The number of hydrogen-bond acceptors (Lipinski definition) is 3. The first-order chi connectivity index (χ1) is 7.77. The first kappa shape index (κ1) is 12.3. The molecule has 0 aromatic rings. The monoisotopic (exact) mass is 227 g/mol. The molecule has 1 aliphatic carbocycles. The number of rotatable bonds is 4. The van der Waals surface area contributed by atoms with Crippen LogP contribution >= 0.6 is 0 Å². The van der Waals surface area contributed by atoms with Crippen molar-refractivity contribution < 1.29 is 9.84 Å². The maximum atomic E-state index is 9.75. The van der Waals surface area contributed by atoms with E-state index in [-0.39, 0.29) is 6.10 Å². The van der Waals surface area contributed by atoms with Crippen molar-refractivity contribution in [1.29, 1.82) is 0 Å². The lowest BCUT2D eigenvalue weighted by atomic mass is 9.92. The molecular weight excluding hydrogens is 202 g/mol. The zero-order valence-electron chi connectivity index (χ0n) is 10.3. The molecule has 0 aromatic carbocycles. The van der Waals surface area contributed by atoms with Crippen LogP contribution in [0, 0.1) is 11.8 Å². The maximum absolute atomic E-state index is 9.75. The molecule has 1 saturated carbocycles. The Morgan fingerprint density at radius 3 is 2.62 bits per heavy atom. The molecule has 3 nitrogen and oxygen atoms in total. The molecule has 3 unspecified atom stereocenters. The van der Waals surface area contributed by atoms with Gasteiger partial charge in [-0.3, -0.25) is 0 Å². The van der Waals surface area contributed by atoms with Gasteiger partial charge in [-0.25, -0.2) is 0 Å². The van der Waals surface area contributed by atoms with Gasteiger partial charge in [-0.15, -0.1) is 0 Å². The molecule has 2 N–H and O–H groups in total. The highest BCUT2D eigenvalue weighted by molar-refractivity contribution is 4.81. The SMILES string of the molecule is CC(NCC1CCCC1O)C1CCOCC1. The third kappa shape index (κ3) is 3.19. The number of aliphatic hydroxyl groups is 1. The summed E-state index contributed by atoms with van der Waals surface area (Å²) in [6.45, 7) is 5.10. The number of ether oxygens (including phenoxy) is 1. The summed E-state index contributed by atoms with van der Waals surface area (Å²) in [6.07, 6.45) is 5.68. The molecule has 0 bridgehead atoms. The summed E-state index contributed by atoms with van der Waals surface area (Å²) >= 11 is 0. The van der Waals surface area contributed by atoms with E-state index in [4.69, 9.17) is 4.74 Å². The minimum atomic E-state index is -0.0608. The van der Waals surface area contributed by atoms with Gasteiger partial charge in [0.2, 0.25) is 0 Å². The fourth-order valence-corrected chi connectivity index (χ4v) is 2.98. The zero-order chi connectivity index (χ0) is 11.4. The third-order valence-corrected chi connectivity index (χ3v) is 4.29. The Kier molecular flexibility index (Phi) is 4.62. The largest absolute Gasteiger partial charge is 0.393 e. The minimum Gasteiger partial charge on any atom is -0.393 e. The van der Waals surface area contributed by atoms with E-state index in [0.29, 0.717) is 12.0 Å². The number of aliphatic hydroxyl groups excluding tert-OH is 1. The summed E-state index contributed by atoms with van der Waals surface area (Å²) in [5.74, 6) is 1.24. The molecular formula is C13H25NO2. The van der Waals surface area contributed by atoms with Crippen LogP contribution in [0.1, 0.15) is 39.0 Å². The molecule has 3 heteroatoms. The van der Waals surface area contributed by atoms with Crippen LogP contribution in [0.15, 0.2) is 0 Å². The van der Waals surface area contributed by atoms with Crippen LogP contribution in [-0.4, -0.2) is 37.0 Å². The molecule has 1 heterocycles. The second kappa shape index (κ2) is 5.99. The maximum Gasteiger partial charge on any atom is 0.0580 e. The highest BCUT2D eigenvalue weighted by atomic mass is 16.5. The molecule has 0 radical (unpaired) electrons. The molecule has 0 spiro atoms. The van der Waals surface area contributed by atoms with Gasteiger partial charge in [0.15, 0.2) is 0 Å². The van der Waals surface area contributed by atoms with Crippen molar-refractivity contribution in [3.63, 3.8) is 0 Å². The van der Waals surface area contributed by atoms with E-state index in [1.54, 1.807) is 0 Å². The van der Waals surface area contributed by atoms with Gasteiger partial charge in [0, 0.05) is 25.8 Å². The summed E-state index contributed by atoms with van der Waals surface area (Å²) in [7, 11) is 0. The van der Waals surface area contributed by atoms with E-state index in [1.807, 2.05) is 0 Å². The van der Waals surface area contributed by atoms with Crippen molar-refractivity contribution in [1.82, 2.24) is 5.32 Å². The van der Waals surface area contributed by atoms with Crippen LogP contribution in [0.25, 0.3) is 0 Å². The highest BCUT2D eigenvalue weighted by Crippen LogP contribution is 2.25. The van der Waals surface area contributed by atoms with E-state index >= 15 is 0 Å². The Labute approximate surface area is 98.6 Å². The molecule has 2 fully saturated rings. The fourth-order valence-electron chi connectivity index (χ4n) is 2.98. The van der Waals surface area contributed by atoms with E-state index in [9.17, 15) is 5.11 Å². The first-order valence-electron chi connectivity index (χ1n) is 6.76. The minimum absolute atomic E-state index is 0.0608. The van der Waals surface area contributed by atoms with Gasteiger partial charge in [0.25, 0.3) is 0 Å². The average molecular weight is 227 g/mol. The number of nitrogens with one attached hydrogen (secondary N) is 1. The molecule has 1 saturated heterocycles. The first-order valence-corrected chi connectivity index (χ1v) is 6.76. The second-order valence-corrected chi connectivity index (χ2v) is 5.41. The predicted molar refractivity (Wildman–Crippen MR) is 64.4 cm³/mol. The summed E-state index contributed by atoms with van der Waals surface area (Å²) in [5, 5.41) is 13.4. The molecule has 3 atom stereocenters. The third-order valence-electron chi connectivity index (χ3n) is 4.29. The van der Waals surface area contributed by atoms with Crippen LogP contribution in [0.4, 0.5) is 0 Å². The summed E-state index contributed by atoms with van der Waals surface area (Å²) in [6, 6.07) is 0.566. The Balaban J connectivity index is 1.68. The number of hydrogen-bond donors (Lipinski definition) is 2. The normalized spacial score (nSPS) is 34.1. The predicted octanol–water partition coefficient (Wildman–Crippen LogP) is 1.55. The lowest BCUT2D eigenvalue weighted by Crippen LogP contribution is -2.40. The quantitative estimate of drug-likeness (QED) is 0.765. The Morgan fingerprint density at radius 1 is 1.25 bits per heavy atom. The van der Waals surface area contributed by atoms with Gasteiger partial charge in [-0.2, -0.15) is 0 Å². The molecule has 1 aliphatic heterocycles. The standard InChI is InChI=1S/C13H25NO2/c1-10(11-5-7-16-8-6-11)14-9-12-3-2-4-13(12)15/h10-15H,2-9H2,1H3. The summed E-state index contributed by atoms with van der Waals surface area (Å²) < 4.78 is 5.38. The Bertz CT molecular complexity index is 204. The molecule has 2 rings (SSSR count). The summed E-state index contributed by atoms with van der Waals surface area (Å²) in [4.78, 5) is 0. The molecule has 0 amide bonds. The van der Waals surface area contributed by atoms with Crippen LogP contribution < -0.4 is 5.32 Å². The van der Waals surface area contributed by atoms with Crippen molar-refractivity contribution in [2.75, 3.05) is 19.8 Å². The van der Waals surface area contributed by atoms with Crippen LogP contribution in [0.5, 0.6) is 0 Å². The van der Waals surface area contributed by atoms with Crippen molar-refractivity contribution in [3.8, 4) is 0 Å². The lowest BCUT2D eigenvalue weighted by Gasteiger charge is -2.29. The van der Waals surface area contributed by atoms with E-state index in [0.717, 1.165) is 32.1 Å². The Hall–Kier alpha value is -0.120. The van der Waals surface area contributed by atoms with Gasteiger partial charge in [0.05, 0.1) is 6.10 Å². The lowest BCUT2D eigenvalue weighted by molar-refractivity contribution is 0.0539. The van der Waals surface area contributed by atoms with Crippen molar-refractivity contribution >= 4 is 0 Å². The van der Waals surface area contributed by atoms with Gasteiger partial charge < -0.3 is 15.2 Å². The smallest absolute Gasteiger partial charge is 0.0580 e. The van der Waals surface area contributed by atoms with E-state index in [2.05, 4.69) is 12.2 Å². The van der Waals surface area contributed by atoms with E-state index < -0.39 is 0 Å². The molecule has 0 aromatic heterocycles. The molecule has 16 heavy (non-hydrogen) atoms. The Morgan fingerprint density at radius 2 is 2.00 bits per heavy atom. The highest BCUT2D eigenvalue weighted by Gasteiger charge is 2.26. The summed E-state index contributed by atoms with van der Waals surface area (Å²) in [5.41, 5.74) is 0.